The first-order valence-electron chi connectivity index (χ1n) is 7.03. The first-order chi connectivity index (χ1) is 10.9. The number of aliphatic hydroxyl groups is 1. The van der Waals surface area contributed by atoms with Gasteiger partial charge in [0.2, 0.25) is 0 Å². The molecule has 0 aliphatic carbocycles. The van der Waals surface area contributed by atoms with Gasteiger partial charge in [-0.1, -0.05) is 6.07 Å². The van der Waals surface area contributed by atoms with Crippen molar-refractivity contribution in [3.63, 3.8) is 0 Å². The summed E-state index contributed by atoms with van der Waals surface area (Å²) in [6.45, 7) is 0.853. The number of aromatic nitrogens is 1. The second kappa shape index (κ2) is 7.94. The van der Waals surface area contributed by atoms with E-state index in [-0.39, 0.29) is 12.4 Å². The second-order valence-electron chi connectivity index (χ2n) is 4.98. The molecular formula is C16H17F3N2O2. The van der Waals surface area contributed by atoms with Gasteiger partial charge in [-0.25, -0.2) is 0 Å². The van der Waals surface area contributed by atoms with Crippen molar-refractivity contribution >= 4 is 0 Å². The van der Waals surface area contributed by atoms with Crippen LogP contribution in [0.2, 0.25) is 0 Å². The average Bonchev–Trinajstić information content (AvgIpc) is 2.53. The highest BCUT2D eigenvalue weighted by atomic mass is 19.4. The molecule has 1 unspecified atom stereocenters. The molecule has 4 nitrogen and oxygen atoms in total. The van der Waals surface area contributed by atoms with Gasteiger partial charge in [0.05, 0.1) is 5.56 Å². The minimum Gasteiger partial charge on any atom is -0.491 e. The molecule has 23 heavy (non-hydrogen) atoms. The second-order valence-corrected chi connectivity index (χ2v) is 4.98. The summed E-state index contributed by atoms with van der Waals surface area (Å²) in [4.78, 5) is 3.98. The number of halogens is 3. The number of pyridine rings is 1. The molecule has 0 radical (unpaired) electrons. The molecule has 1 heterocycles. The van der Waals surface area contributed by atoms with Crippen molar-refractivity contribution in [3.05, 3.63) is 59.9 Å². The third-order valence-electron chi connectivity index (χ3n) is 3.06. The van der Waals surface area contributed by atoms with Crippen LogP contribution in [-0.2, 0) is 12.7 Å². The molecule has 0 saturated heterocycles. The largest absolute Gasteiger partial charge is 0.491 e. The summed E-state index contributed by atoms with van der Waals surface area (Å²) in [6, 6.07) is 8.09. The molecule has 0 spiro atoms. The highest BCUT2D eigenvalue weighted by Crippen LogP contribution is 2.30. The Labute approximate surface area is 131 Å². The van der Waals surface area contributed by atoms with Crippen molar-refractivity contribution in [1.82, 2.24) is 10.3 Å². The summed E-state index contributed by atoms with van der Waals surface area (Å²) in [5, 5.41) is 12.8. The lowest BCUT2D eigenvalue weighted by Gasteiger charge is -2.14. The van der Waals surface area contributed by atoms with Gasteiger partial charge in [-0.3, -0.25) is 4.98 Å². The van der Waals surface area contributed by atoms with Crippen LogP contribution in [0.1, 0.15) is 11.1 Å². The van der Waals surface area contributed by atoms with Crippen molar-refractivity contribution < 1.29 is 23.0 Å². The Hall–Kier alpha value is -2.12. The first kappa shape index (κ1) is 17.2. The molecule has 2 N–H and O–H groups in total. The summed E-state index contributed by atoms with van der Waals surface area (Å²) in [6.07, 6.45) is -1.74. The fourth-order valence-corrected chi connectivity index (χ4v) is 1.88. The number of benzene rings is 1. The van der Waals surface area contributed by atoms with Gasteiger partial charge in [0.25, 0.3) is 0 Å². The van der Waals surface area contributed by atoms with E-state index in [0.717, 1.165) is 17.7 Å². The monoisotopic (exact) mass is 326 g/mol. The first-order valence-corrected chi connectivity index (χ1v) is 7.03. The maximum atomic E-state index is 12.4. The van der Waals surface area contributed by atoms with E-state index in [4.69, 9.17) is 4.74 Å². The van der Waals surface area contributed by atoms with E-state index in [1.54, 1.807) is 12.4 Å². The Kier molecular flexibility index (Phi) is 5.95. The van der Waals surface area contributed by atoms with E-state index >= 15 is 0 Å². The molecule has 1 atom stereocenters. The van der Waals surface area contributed by atoms with Crippen LogP contribution in [0.4, 0.5) is 13.2 Å². The number of nitrogens with one attached hydrogen (secondary N) is 1. The maximum Gasteiger partial charge on any atom is 0.416 e. The van der Waals surface area contributed by atoms with Crippen molar-refractivity contribution in [3.8, 4) is 5.75 Å². The predicted molar refractivity (Wildman–Crippen MR) is 78.9 cm³/mol. The smallest absolute Gasteiger partial charge is 0.416 e. The van der Waals surface area contributed by atoms with Crippen LogP contribution in [0, 0.1) is 0 Å². The average molecular weight is 326 g/mol. The molecule has 0 saturated carbocycles. The van der Waals surface area contributed by atoms with Gasteiger partial charge in [0, 0.05) is 25.5 Å². The standard InChI is InChI=1S/C16H17F3N2O2/c17-16(18,19)13-3-5-15(6-4-13)23-11-14(22)10-21-9-12-2-1-7-20-8-12/h1-8,14,21-22H,9-11H2. The van der Waals surface area contributed by atoms with Gasteiger partial charge >= 0.3 is 6.18 Å². The fraction of sp³-hybridized carbons (Fsp3) is 0.312. The molecule has 7 heteroatoms. The minimum absolute atomic E-state index is 0.00853. The summed E-state index contributed by atoms with van der Waals surface area (Å²) < 4.78 is 42.5. The molecule has 124 valence electrons. The number of nitrogens with zero attached hydrogens (tertiary/aromatic N) is 1. The van der Waals surface area contributed by atoms with Gasteiger partial charge in [-0.2, -0.15) is 13.2 Å². The van der Waals surface area contributed by atoms with Crippen LogP contribution >= 0.6 is 0 Å². The quantitative estimate of drug-likeness (QED) is 0.821. The Bertz CT molecular complexity index is 589. The number of aliphatic hydroxyl groups excluding tert-OH is 1. The van der Waals surface area contributed by atoms with E-state index in [1.165, 1.54) is 12.1 Å². The zero-order chi connectivity index (χ0) is 16.7. The molecule has 0 amide bonds. The van der Waals surface area contributed by atoms with E-state index < -0.39 is 17.8 Å². The van der Waals surface area contributed by atoms with Crippen LogP contribution in [0.25, 0.3) is 0 Å². The summed E-state index contributed by atoms with van der Waals surface area (Å²) >= 11 is 0. The Morgan fingerprint density at radius 3 is 2.52 bits per heavy atom. The van der Waals surface area contributed by atoms with Crippen molar-refractivity contribution in [2.45, 2.75) is 18.8 Å². The molecule has 1 aromatic carbocycles. The van der Waals surface area contributed by atoms with Gasteiger partial charge in [0.15, 0.2) is 0 Å². The SMILES string of the molecule is OC(CNCc1cccnc1)COc1ccc(C(F)(F)F)cc1. The molecule has 0 bridgehead atoms. The van der Waals surface area contributed by atoms with E-state index in [9.17, 15) is 18.3 Å². The van der Waals surface area contributed by atoms with Crippen LogP contribution < -0.4 is 10.1 Å². The Morgan fingerprint density at radius 2 is 1.91 bits per heavy atom. The molecule has 0 aliphatic heterocycles. The normalized spacial score (nSPS) is 12.9. The van der Waals surface area contributed by atoms with Crippen molar-refractivity contribution in [1.29, 1.82) is 0 Å². The van der Waals surface area contributed by atoms with Crippen LogP contribution in [-0.4, -0.2) is 29.3 Å². The fourth-order valence-electron chi connectivity index (χ4n) is 1.88. The minimum atomic E-state index is -4.37. The summed E-state index contributed by atoms with van der Waals surface area (Å²) in [5.41, 5.74) is 0.256. The lowest BCUT2D eigenvalue weighted by Crippen LogP contribution is -2.31. The number of ether oxygens (including phenoxy) is 1. The van der Waals surface area contributed by atoms with Crippen molar-refractivity contribution in [2.75, 3.05) is 13.2 Å². The zero-order valence-electron chi connectivity index (χ0n) is 12.3. The van der Waals surface area contributed by atoms with Crippen molar-refractivity contribution in [2.24, 2.45) is 0 Å². The molecule has 0 fully saturated rings. The number of alkyl halides is 3. The van der Waals surface area contributed by atoms with E-state index in [1.807, 2.05) is 12.1 Å². The van der Waals surface area contributed by atoms with E-state index in [2.05, 4.69) is 10.3 Å². The molecular weight excluding hydrogens is 309 g/mol. The third kappa shape index (κ3) is 5.88. The lowest BCUT2D eigenvalue weighted by atomic mass is 10.2. The molecule has 0 aliphatic rings. The van der Waals surface area contributed by atoms with Crippen LogP contribution in [0.3, 0.4) is 0 Å². The molecule has 2 aromatic rings. The predicted octanol–water partition coefficient (Wildman–Crippen LogP) is 2.63. The van der Waals surface area contributed by atoms with Crippen LogP contribution in [0.5, 0.6) is 5.75 Å². The topological polar surface area (TPSA) is 54.4 Å². The van der Waals surface area contributed by atoms with Gasteiger partial charge in [-0.05, 0) is 35.9 Å². The third-order valence-corrected chi connectivity index (χ3v) is 3.06. The lowest BCUT2D eigenvalue weighted by molar-refractivity contribution is -0.137. The zero-order valence-corrected chi connectivity index (χ0v) is 12.3. The van der Waals surface area contributed by atoms with Gasteiger partial charge in [-0.15, -0.1) is 0 Å². The molecule has 1 aromatic heterocycles. The number of hydrogen-bond acceptors (Lipinski definition) is 4. The highest BCUT2D eigenvalue weighted by Gasteiger charge is 2.30. The Balaban J connectivity index is 1.71. The van der Waals surface area contributed by atoms with Gasteiger partial charge < -0.3 is 15.2 Å². The van der Waals surface area contributed by atoms with E-state index in [0.29, 0.717) is 13.1 Å². The summed E-state index contributed by atoms with van der Waals surface area (Å²) in [7, 11) is 0. The van der Waals surface area contributed by atoms with Crippen LogP contribution in [0.15, 0.2) is 48.8 Å². The number of rotatable bonds is 7. The maximum absolute atomic E-state index is 12.4. The summed E-state index contributed by atoms with van der Waals surface area (Å²) in [5.74, 6) is 0.282. The highest BCUT2D eigenvalue weighted by molar-refractivity contribution is 5.28. The molecule has 2 rings (SSSR count). The number of hydrogen-bond donors (Lipinski definition) is 2. The Morgan fingerprint density at radius 1 is 1.17 bits per heavy atom. The van der Waals surface area contributed by atoms with Gasteiger partial charge in [0.1, 0.15) is 18.5 Å².